The first-order chi connectivity index (χ1) is 6.93. The van der Waals surface area contributed by atoms with E-state index in [0.717, 1.165) is 0 Å². The van der Waals surface area contributed by atoms with Gasteiger partial charge in [0.15, 0.2) is 15.5 Å². The van der Waals surface area contributed by atoms with E-state index in [1.807, 2.05) is 0 Å². The van der Waals surface area contributed by atoms with Crippen LogP contribution in [-0.2, 0) is 15.5 Å². The first-order valence-corrected chi connectivity index (χ1v) is 6.43. The topological polar surface area (TPSA) is 54.4 Å². The van der Waals surface area contributed by atoms with E-state index in [1.165, 1.54) is 12.1 Å². The first-order valence-electron chi connectivity index (χ1n) is 4.61. The van der Waals surface area contributed by atoms with Crippen molar-refractivity contribution in [1.82, 2.24) is 0 Å². The Balaban J connectivity index is 2.44. The van der Waals surface area contributed by atoms with E-state index in [9.17, 15) is 17.9 Å². The van der Waals surface area contributed by atoms with Crippen LogP contribution in [0.25, 0.3) is 0 Å². The van der Waals surface area contributed by atoms with Crippen molar-refractivity contribution in [3.63, 3.8) is 0 Å². The number of phenols is 1. The molecule has 3 nitrogen and oxygen atoms in total. The summed E-state index contributed by atoms with van der Waals surface area (Å²) in [7, 11) is -3.30. The van der Waals surface area contributed by atoms with Crippen LogP contribution in [0.4, 0.5) is 4.39 Å². The van der Waals surface area contributed by atoms with Crippen molar-refractivity contribution in [3.8, 4) is 5.75 Å². The van der Waals surface area contributed by atoms with Gasteiger partial charge in [0.25, 0.3) is 0 Å². The van der Waals surface area contributed by atoms with Gasteiger partial charge in [-0.2, -0.15) is 0 Å². The minimum atomic E-state index is -3.30. The number of aromatic hydroxyl groups is 1. The summed E-state index contributed by atoms with van der Waals surface area (Å²) < 4.78 is 36.7. The minimum Gasteiger partial charge on any atom is -0.508 e. The Bertz CT molecular complexity index is 483. The maximum absolute atomic E-state index is 14.3. The van der Waals surface area contributed by atoms with Crippen molar-refractivity contribution in [2.75, 3.05) is 11.5 Å². The van der Waals surface area contributed by atoms with Gasteiger partial charge >= 0.3 is 0 Å². The Morgan fingerprint density at radius 1 is 1.33 bits per heavy atom. The van der Waals surface area contributed by atoms with Gasteiger partial charge in [-0.25, -0.2) is 12.8 Å². The molecule has 1 aromatic carbocycles. The molecule has 2 rings (SSSR count). The molecule has 0 bridgehead atoms. The number of benzene rings is 1. The van der Waals surface area contributed by atoms with Gasteiger partial charge in [0.2, 0.25) is 0 Å². The largest absolute Gasteiger partial charge is 0.508 e. The van der Waals surface area contributed by atoms with Crippen molar-refractivity contribution in [3.05, 3.63) is 29.8 Å². The Morgan fingerprint density at radius 2 is 2.00 bits per heavy atom. The highest BCUT2D eigenvalue weighted by molar-refractivity contribution is 7.91. The molecule has 0 radical (unpaired) electrons. The molecule has 0 aromatic heterocycles. The van der Waals surface area contributed by atoms with E-state index >= 15 is 0 Å². The molecule has 1 heterocycles. The average molecular weight is 230 g/mol. The molecular weight excluding hydrogens is 219 g/mol. The summed E-state index contributed by atoms with van der Waals surface area (Å²) in [5, 5.41) is 9.47. The predicted octanol–water partition coefficient (Wildman–Crippen LogP) is 1.38. The second-order valence-corrected chi connectivity index (χ2v) is 6.01. The average Bonchev–Trinajstić information content (AvgIpc) is 2.42. The molecule has 1 aliphatic heterocycles. The zero-order valence-corrected chi connectivity index (χ0v) is 8.80. The van der Waals surface area contributed by atoms with E-state index in [-0.39, 0.29) is 23.5 Å². The number of para-hydroxylation sites is 1. The zero-order valence-electron chi connectivity index (χ0n) is 7.98. The molecule has 0 aliphatic carbocycles. The highest BCUT2D eigenvalue weighted by Crippen LogP contribution is 2.41. The fourth-order valence-electron chi connectivity index (χ4n) is 1.88. The molecule has 1 aromatic rings. The minimum absolute atomic E-state index is 0.0751. The first kappa shape index (κ1) is 10.4. The summed E-state index contributed by atoms with van der Waals surface area (Å²) >= 11 is 0. The number of sulfone groups is 1. The van der Waals surface area contributed by atoms with Crippen LogP contribution in [-0.4, -0.2) is 25.0 Å². The Kier molecular flexibility index (Phi) is 2.22. The predicted molar refractivity (Wildman–Crippen MR) is 54.2 cm³/mol. The SMILES string of the molecule is O=S1(=O)CCC(F)(c2ccccc2O)C1. The quantitative estimate of drug-likeness (QED) is 0.792. The van der Waals surface area contributed by atoms with Gasteiger partial charge in [-0.15, -0.1) is 0 Å². The Morgan fingerprint density at radius 3 is 2.53 bits per heavy atom. The number of phenolic OH excluding ortho intramolecular Hbond substituents is 1. The van der Waals surface area contributed by atoms with Crippen LogP contribution >= 0.6 is 0 Å². The lowest BCUT2D eigenvalue weighted by Crippen LogP contribution is -2.21. The molecule has 1 unspecified atom stereocenters. The van der Waals surface area contributed by atoms with Gasteiger partial charge in [-0.3, -0.25) is 0 Å². The summed E-state index contributed by atoms with van der Waals surface area (Å²) in [4.78, 5) is 0. The lowest BCUT2D eigenvalue weighted by atomic mass is 9.94. The molecular formula is C10H11FO3S. The van der Waals surface area contributed by atoms with Gasteiger partial charge in [-0.05, 0) is 6.07 Å². The van der Waals surface area contributed by atoms with Gasteiger partial charge in [0, 0.05) is 12.0 Å². The van der Waals surface area contributed by atoms with Crippen molar-refractivity contribution < 1.29 is 17.9 Å². The number of hydrogen-bond donors (Lipinski definition) is 1. The van der Waals surface area contributed by atoms with Crippen LogP contribution in [0.3, 0.4) is 0 Å². The second-order valence-electron chi connectivity index (χ2n) is 3.82. The van der Waals surface area contributed by atoms with Crippen LogP contribution in [0.1, 0.15) is 12.0 Å². The van der Waals surface area contributed by atoms with Crippen LogP contribution in [0.15, 0.2) is 24.3 Å². The van der Waals surface area contributed by atoms with Crippen LogP contribution in [0, 0.1) is 0 Å². The third-order valence-corrected chi connectivity index (χ3v) is 4.37. The Labute approximate surface area is 87.5 Å². The van der Waals surface area contributed by atoms with Crippen molar-refractivity contribution >= 4 is 9.84 Å². The maximum Gasteiger partial charge on any atom is 0.154 e. The number of hydrogen-bond acceptors (Lipinski definition) is 3. The summed E-state index contributed by atoms with van der Waals surface area (Å²) in [5.41, 5.74) is -1.85. The zero-order chi connectivity index (χ0) is 11.1. The number of rotatable bonds is 1. The third kappa shape index (κ3) is 1.84. The summed E-state index contributed by atoms with van der Waals surface area (Å²) in [6.45, 7) is 0. The summed E-state index contributed by atoms with van der Waals surface area (Å²) in [5.74, 6) is -0.868. The van der Waals surface area contributed by atoms with E-state index in [2.05, 4.69) is 0 Å². The molecule has 1 N–H and O–H groups in total. The fraction of sp³-hybridized carbons (Fsp3) is 0.400. The van der Waals surface area contributed by atoms with E-state index in [4.69, 9.17) is 0 Å². The highest BCUT2D eigenvalue weighted by atomic mass is 32.2. The molecule has 1 saturated heterocycles. The van der Waals surface area contributed by atoms with Crippen LogP contribution in [0.5, 0.6) is 5.75 Å². The number of alkyl halides is 1. The monoisotopic (exact) mass is 230 g/mol. The van der Waals surface area contributed by atoms with Gasteiger partial charge in [0.1, 0.15) is 5.75 Å². The normalized spacial score (nSPS) is 29.1. The van der Waals surface area contributed by atoms with E-state index in [1.54, 1.807) is 12.1 Å². The molecule has 0 saturated carbocycles. The lowest BCUT2D eigenvalue weighted by molar-refractivity contribution is 0.196. The molecule has 1 aliphatic rings. The molecule has 82 valence electrons. The standard InChI is InChI=1S/C10H11FO3S/c11-10(5-6-15(13,14)7-10)8-3-1-2-4-9(8)12/h1-4,12H,5-7H2. The highest BCUT2D eigenvalue weighted by Gasteiger charge is 2.45. The van der Waals surface area contributed by atoms with Gasteiger partial charge in [-0.1, -0.05) is 18.2 Å². The second kappa shape index (κ2) is 3.20. The molecule has 1 fully saturated rings. The Hall–Kier alpha value is -1.10. The van der Waals surface area contributed by atoms with E-state index < -0.39 is 21.3 Å². The lowest BCUT2D eigenvalue weighted by Gasteiger charge is -2.18. The van der Waals surface area contributed by atoms with Crippen molar-refractivity contribution in [2.45, 2.75) is 12.1 Å². The van der Waals surface area contributed by atoms with Gasteiger partial charge in [0.05, 0.1) is 11.5 Å². The van der Waals surface area contributed by atoms with Gasteiger partial charge < -0.3 is 5.11 Å². The van der Waals surface area contributed by atoms with E-state index in [0.29, 0.717) is 0 Å². The summed E-state index contributed by atoms with van der Waals surface area (Å²) in [6.07, 6.45) is -0.0765. The van der Waals surface area contributed by atoms with Crippen molar-refractivity contribution in [1.29, 1.82) is 0 Å². The molecule has 0 amide bonds. The fourth-order valence-corrected chi connectivity index (χ4v) is 3.65. The maximum atomic E-state index is 14.3. The molecule has 1 atom stereocenters. The summed E-state index contributed by atoms with van der Waals surface area (Å²) in [6, 6.07) is 5.95. The molecule has 15 heavy (non-hydrogen) atoms. The van der Waals surface area contributed by atoms with Crippen molar-refractivity contribution in [2.24, 2.45) is 0 Å². The number of halogens is 1. The smallest absolute Gasteiger partial charge is 0.154 e. The molecule has 0 spiro atoms. The molecule has 5 heteroatoms. The third-order valence-electron chi connectivity index (χ3n) is 2.64. The van der Waals surface area contributed by atoms with Crippen LogP contribution < -0.4 is 0 Å². The van der Waals surface area contributed by atoms with Crippen LogP contribution in [0.2, 0.25) is 0 Å².